The van der Waals surface area contributed by atoms with Crippen LogP contribution in [0.1, 0.15) is 29.0 Å². The number of aryl methyl sites for hydroxylation is 2. The lowest BCUT2D eigenvalue weighted by molar-refractivity contribution is 0.163. The van der Waals surface area contributed by atoms with Crippen LogP contribution >= 0.6 is 11.3 Å². The van der Waals surface area contributed by atoms with Gasteiger partial charge >= 0.3 is 0 Å². The van der Waals surface area contributed by atoms with Crippen molar-refractivity contribution in [2.75, 3.05) is 26.2 Å². The molecule has 26 heavy (non-hydrogen) atoms. The summed E-state index contributed by atoms with van der Waals surface area (Å²) in [6.45, 7) is 5.93. The molecule has 0 radical (unpaired) electrons. The molecule has 1 atom stereocenters. The topological polar surface area (TPSA) is 64.4 Å². The van der Waals surface area contributed by atoms with Gasteiger partial charge in [0.1, 0.15) is 10.3 Å². The second-order valence-corrected chi connectivity index (χ2v) is 9.88. The Hall–Kier alpha value is -1.72. The van der Waals surface area contributed by atoms with Crippen molar-refractivity contribution in [1.82, 2.24) is 9.21 Å². The van der Waals surface area contributed by atoms with Gasteiger partial charge in [0.05, 0.1) is 6.07 Å². The normalized spacial score (nSPS) is 17.7. The molecule has 7 heteroatoms. The number of rotatable bonds is 5. The molecule has 0 spiro atoms. The largest absolute Gasteiger partial charge is 0.282 e. The molecule has 0 bridgehead atoms. The monoisotopic (exact) mass is 389 g/mol. The van der Waals surface area contributed by atoms with E-state index < -0.39 is 10.0 Å². The molecular formula is C19H23N3O2S2. The Morgan fingerprint density at radius 3 is 2.27 bits per heavy atom. The van der Waals surface area contributed by atoms with Crippen molar-refractivity contribution < 1.29 is 8.42 Å². The van der Waals surface area contributed by atoms with Crippen molar-refractivity contribution in [3.8, 4) is 6.07 Å². The van der Waals surface area contributed by atoms with Crippen LogP contribution in [0.15, 0.2) is 40.6 Å². The predicted molar refractivity (Wildman–Crippen MR) is 104 cm³/mol. The van der Waals surface area contributed by atoms with Gasteiger partial charge in [-0.3, -0.25) is 4.90 Å². The predicted octanol–water partition coefficient (Wildman–Crippen LogP) is 3.19. The number of piperazine rings is 1. The molecular weight excluding hydrogens is 366 g/mol. The molecule has 0 amide bonds. The standard InChI is InChI=1S/C19H23N3O2S2/c1-3-16-5-7-17(8-6-16)18(14-20)21-10-12-22(13-11-21)26(23,24)19-9-4-15(2)25-19/h4-9,18H,3,10-13H2,1-2H3. The summed E-state index contributed by atoms with van der Waals surface area (Å²) in [6.07, 6.45) is 0.968. The first-order valence-corrected chi connectivity index (χ1v) is 11.0. The number of benzene rings is 1. The minimum absolute atomic E-state index is 0.338. The van der Waals surface area contributed by atoms with Gasteiger partial charge in [0.2, 0.25) is 0 Å². The van der Waals surface area contributed by atoms with Crippen molar-refractivity contribution in [2.24, 2.45) is 0 Å². The first kappa shape index (κ1) is 19.1. The number of nitrogens with zero attached hydrogens (tertiary/aromatic N) is 3. The average molecular weight is 390 g/mol. The molecule has 138 valence electrons. The average Bonchev–Trinajstić information content (AvgIpc) is 3.11. The summed E-state index contributed by atoms with van der Waals surface area (Å²) in [7, 11) is -3.43. The first-order chi connectivity index (χ1) is 12.5. The highest BCUT2D eigenvalue weighted by molar-refractivity contribution is 7.91. The molecule has 5 nitrogen and oxygen atoms in total. The molecule has 2 aromatic rings. The fourth-order valence-electron chi connectivity index (χ4n) is 3.18. The van der Waals surface area contributed by atoms with Gasteiger partial charge in [0.25, 0.3) is 10.0 Å². The van der Waals surface area contributed by atoms with Crippen molar-refractivity contribution in [2.45, 2.75) is 30.5 Å². The van der Waals surface area contributed by atoms with Crippen LogP contribution in [0.3, 0.4) is 0 Å². The lowest BCUT2D eigenvalue weighted by Crippen LogP contribution is -2.49. The van der Waals surface area contributed by atoms with Gasteiger partial charge in [-0.05, 0) is 36.6 Å². The summed E-state index contributed by atoms with van der Waals surface area (Å²) < 4.78 is 27.4. The van der Waals surface area contributed by atoms with E-state index in [4.69, 9.17) is 0 Å². The third kappa shape index (κ3) is 3.84. The summed E-state index contributed by atoms with van der Waals surface area (Å²) in [6, 6.07) is 13.7. The number of thiophene rings is 1. The van der Waals surface area contributed by atoms with E-state index in [1.165, 1.54) is 21.2 Å². The summed E-state index contributed by atoms with van der Waals surface area (Å²) in [5.41, 5.74) is 2.21. The number of nitriles is 1. The van der Waals surface area contributed by atoms with Crippen molar-refractivity contribution in [1.29, 1.82) is 5.26 Å². The highest BCUT2D eigenvalue weighted by Gasteiger charge is 2.32. The minimum atomic E-state index is -3.43. The molecule has 0 saturated carbocycles. The third-order valence-corrected chi connectivity index (χ3v) is 8.14. The Kier molecular flexibility index (Phi) is 5.78. The molecule has 1 unspecified atom stereocenters. The summed E-state index contributed by atoms with van der Waals surface area (Å²) in [4.78, 5) is 3.05. The van der Waals surface area contributed by atoms with Crippen molar-refractivity contribution >= 4 is 21.4 Å². The second kappa shape index (κ2) is 7.89. The van der Waals surface area contributed by atoms with E-state index in [0.717, 1.165) is 16.9 Å². The highest BCUT2D eigenvalue weighted by Crippen LogP contribution is 2.27. The van der Waals surface area contributed by atoms with Crippen LogP contribution in [0.2, 0.25) is 0 Å². The fraction of sp³-hybridized carbons (Fsp3) is 0.421. The maximum absolute atomic E-state index is 12.7. The zero-order valence-electron chi connectivity index (χ0n) is 15.1. The molecule has 3 rings (SSSR count). The molecule has 1 aliphatic heterocycles. The van der Waals surface area contributed by atoms with Gasteiger partial charge in [-0.2, -0.15) is 9.57 Å². The Labute approximate surface area is 159 Å². The molecule has 1 saturated heterocycles. The second-order valence-electron chi connectivity index (χ2n) is 6.43. The van der Waals surface area contributed by atoms with Gasteiger partial charge in [-0.25, -0.2) is 8.42 Å². The van der Waals surface area contributed by atoms with E-state index in [1.54, 1.807) is 6.07 Å². The first-order valence-electron chi connectivity index (χ1n) is 8.75. The van der Waals surface area contributed by atoms with Crippen molar-refractivity contribution in [3.05, 3.63) is 52.4 Å². The lowest BCUT2D eigenvalue weighted by atomic mass is 10.0. The minimum Gasteiger partial charge on any atom is -0.282 e. The Morgan fingerprint density at radius 2 is 1.77 bits per heavy atom. The third-order valence-electron chi connectivity index (χ3n) is 4.77. The zero-order chi connectivity index (χ0) is 18.7. The van der Waals surface area contributed by atoms with E-state index in [-0.39, 0.29) is 6.04 Å². The van der Waals surface area contributed by atoms with Crippen LogP contribution in [0.25, 0.3) is 0 Å². The fourth-order valence-corrected chi connectivity index (χ4v) is 6.04. The maximum Gasteiger partial charge on any atom is 0.252 e. The summed E-state index contributed by atoms with van der Waals surface area (Å²) >= 11 is 1.30. The van der Waals surface area contributed by atoms with Gasteiger partial charge in [-0.15, -0.1) is 11.3 Å². The molecule has 2 heterocycles. The van der Waals surface area contributed by atoms with Gasteiger partial charge in [0, 0.05) is 31.1 Å². The molecule has 0 aliphatic carbocycles. The van der Waals surface area contributed by atoms with Crippen LogP contribution in [0.4, 0.5) is 0 Å². The van der Waals surface area contributed by atoms with E-state index in [0.29, 0.717) is 30.4 Å². The van der Waals surface area contributed by atoms with Crippen LogP contribution in [-0.4, -0.2) is 43.8 Å². The smallest absolute Gasteiger partial charge is 0.252 e. The Morgan fingerprint density at radius 1 is 1.12 bits per heavy atom. The maximum atomic E-state index is 12.7. The van der Waals surface area contributed by atoms with Gasteiger partial charge in [0.15, 0.2) is 0 Å². The molecule has 1 aromatic heterocycles. The van der Waals surface area contributed by atoms with Crippen molar-refractivity contribution in [3.63, 3.8) is 0 Å². The molecule has 0 N–H and O–H groups in total. The molecule has 1 fully saturated rings. The molecule has 1 aromatic carbocycles. The van der Waals surface area contributed by atoms with E-state index in [9.17, 15) is 13.7 Å². The number of hydrogen-bond acceptors (Lipinski definition) is 5. The highest BCUT2D eigenvalue weighted by atomic mass is 32.2. The van der Waals surface area contributed by atoms with E-state index in [2.05, 4.69) is 30.0 Å². The van der Waals surface area contributed by atoms with E-state index in [1.807, 2.05) is 25.1 Å². The quantitative estimate of drug-likeness (QED) is 0.788. The summed E-state index contributed by atoms with van der Waals surface area (Å²) in [5, 5.41) is 9.64. The van der Waals surface area contributed by atoms with Gasteiger partial charge < -0.3 is 0 Å². The van der Waals surface area contributed by atoms with Crippen LogP contribution in [0.5, 0.6) is 0 Å². The molecule has 1 aliphatic rings. The Balaban J connectivity index is 1.69. The summed E-state index contributed by atoms with van der Waals surface area (Å²) in [5.74, 6) is 0. The van der Waals surface area contributed by atoms with Gasteiger partial charge in [-0.1, -0.05) is 31.2 Å². The van der Waals surface area contributed by atoms with E-state index >= 15 is 0 Å². The SMILES string of the molecule is CCc1ccc(C(C#N)N2CCN(S(=O)(=O)c3ccc(C)s3)CC2)cc1. The Bertz CT molecular complexity index is 890. The number of sulfonamides is 1. The van der Waals surface area contributed by atoms with Crippen LogP contribution < -0.4 is 0 Å². The van der Waals surface area contributed by atoms with Crippen LogP contribution in [0, 0.1) is 18.3 Å². The van der Waals surface area contributed by atoms with Crippen LogP contribution in [-0.2, 0) is 16.4 Å². The zero-order valence-corrected chi connectivity index (χ0v) is 16.7. The lowest BCUT2D eigenvalue weighted by Gasteiger charge is -2.36. The number of hydrogen-bond donors (Lipinski definition) is 0.